The molecule has 20 heavy (non-hydrogen) atoms. The van der Waals surface area contributed by atoms with E-state index in [1.54, 1.807) is 36.3 Å². The van der Waals surface area contributed by atoms with Crippen LogP contribution in [0.25, 0.3) is 0 Å². The van der Waals surface area contributed by atoms with Gasteiger partial charge in [0.05, 0.1) is 12.8 Å². The molecule has 0 aliphatic carbocycles. The lowest BCUT2D eigenvalue weighted by Gasteiger charge is -2.31. The van der Waals surface area contributed by atoms with Crippen molar-refractivity contribution in [2.75, 3.05) is 18.6 Å². The number of imide groups is 1. The van der Waals surface area contributed by atoms with E-state index in [1.807, 2.05) is 6.92 Å². The molecule has 106 valence electrons. The van der Waals surface area contributed by atoms with Crippen LogP contribution in [0.1, 0.15) is 19.8 Å². The van der Waals surface area contributed by atoms with E-state index >= 15 is 0 Å². The number of rotatable bonds is 2. The molecule has 2 fully saturated rings. The minimum Gasteiger partial charge on any atom is -0.497 e. The first-order chi connectivity index (χ1) is 9.63. The summed E-state index contributed by atoms with van der Waals surface area (Å²) in [6, 6.07) is 6.56. The highest BCUT2D eigenvalue weighted by molar-refractivity contribution is 6.21. The van der Waals surface area contributed by atoms with Crippen LogP contribution in [0, 0.1) is 5.92 Å². The van der Waals surface area contributed by atoms with E-state index in [0.717, 1.165) is 12.8 Å². The zero-order chi connectivity index (χ0) is 14.3. The SMILES string of the molecule is COc1cccc(N2C(=O)C3C(C)CCCN3C2=O)c1. The predicted molar refractivity (Wildman–Crippen MR) is 74.8 cm³/mol. The number of methoxy groups -OCH3 is 1. The van der Waals surface area contributed by atoms with Crippen LogP contribution in [0.15, 0.2) is 24.3 Å². The number of piperidine rings is 1. The second-order valence-corrected chi connectivity index (χ2v) is 5.42. The van der Waals surface area contributed by atoms with Crippen molar-refractivity contribution in [3.05, 3.63) is 24.3 Å². The Hall–Kier alpha value is -2.04. The van der Waals surface area contributed by atoms with Crippen molar-refractivity contribution < 1.29 is 14.3 Å². The first-order valence-electron chi connectivity index (χ1n) is 6.92. The third kappa shape index (κ3) is 1.85. The monoisotopic (exact) mass is 274 g/mol. The van der Waals surface area contributed by atoms with E-state index in [4.69, 9.17) is 4.74 Å². The van der Waals surface area contributed by atoms with Crippen molar-refractivity contribution in [1.29, 1.82) is 0 Å². The standard InChI is InChI=1S/C15H18N2O3/c1-10-5-4-8-16-13(10)14(18)17(15(16)19)11-6-3-7-12(9-11)20-2/h3,6-7,9-10,13H,4-5,8H2,1-2H3. The average Bonchev–Trinajstić information content (AvgIpc) is 2.72. The number of benzene rings is 1. The van der Waals surface area contributed by atoms with Crippen molar-refractivity contribution in [3.63, 3.8) is 0 Å². The molecule has 2 unspecified atom stereocenters. The molecule has 3 amide bonds. The fourth-order valence-electron chi connectivity index (χ4n) is 3.12. The molecule has 0 radical (unpaired) electrons. The van der Waals surface area contributed by atoms with Crippen LogP contribution >= 0.6 is 0 Å². The Bertz CT molecular complexity index is 558. The topological polar surface area (TPSA) is 49.9 Å². The minimum atomic E-state index is -0.303. The largest absolute Gasteiger partial charge is 0.497 e. The number of carbonyl (C=O) groups excluding carboxylic acids is 2. The molecule has 2 aliphatic heterocycles. The summed E-state index contributed by atoms with van der Waals surface area (Å²) >= 11 is 0. The fraction of sp³-hybridized carbons (Fsp3) is 0.467. The number of urea groups is 1. The molecule has 1 aromatic carbocycles. The van der Waals surface area contributed by atoms with Gasteiger partial charge in [0, 0.05) is 12.6 Å². The maximum Gasteiger partial charge on any atom is 0.332 e. The normalized spacial score (nSPS) is 25.9. The van der Waals surface area contributed by atoms with Gasteiger partial charge >= 0.3 is 6.03 Å². The number of hydrogen-bond donors (Lipinski definition) is 0. The van der Waals surface area contributed by atoms with E-state index in [2.05, 4.69) is 0 Å². The van der Waals surface area contributed by atoms with Crippen molar-refractivity contribution in [2.24, 2.45) is 5.92 Å². The van der Waals surface area contributed by atoms with Crippen LogP contribution in [-0.4, -0.2) is 36.5 Å². The molecule has 5 heteroatoms. The number of amides is 3. The third-order valence-electron chi connectivity index (χ3n) is 4.16. The molecular weight excluding hydrogens is 256 g/mol. The summed E-state index contributed by atoms with van der Waals surface area (Å²) in [5.74, 6) is 0.743. The van der Waals surface area contributed by atoms with Gasteiger partial charge in [0.15, 0.2) is 0 Å². The Kier molecular flexibility index (Phi) is 3.12. The average molecular weight is 274 g/mol. The van der Waals surface area contributed by atoms with E-state index < -0.39 is 0 Å². The molecule has 0 bridgehead atoms. The van der Waals surface area contributed by atoms with Gasteiger partial charge in [-0.1, -0.05) is 13.0 Å². The highest BCUT2D eigenvalue weighted by Gasteiger charge is 2.49. The molecule has 5 nitrogen and oxygen atoms in total. The second kappa shape index (κ2) is 4.81. The quantitative estimate of drug-likeness (QED) is 0.777. The zero-order valence-electron chi connectivity index (χ0n) is 11.7. The predicted octanol–water partition coefficient (Wildman–Crippen LogP) is 2.26. The number of hydrogen-bond acceptors (Lipinski definition) is 3. The fourth-order valence-corrected chi connectivity index (χ4v) is 3.12. The molecule has 3 rings (SSSR count). The van der Waals surface area contributed by atoms with Crippen molar-refractivity contribution >= 4 is 17.6 Å². The Labute approximate surface area is 118 Å². The number of carbonyl (C=O) groups is 2. The van der Waals surface area contributed by atoms with E-state index in [-0.39, 0.29) is 23.9 Å². The molecule has 1 aromatic rings. The number of fused-ring (bicyclic) bond motifs is 1. The molecule has 2 atom stereocenters. The van der Waals surface area contributed by atoms with Crippen LogP contribution in [-0.2, 0) is 4.79 Å². The van der Waals surface area contributed by atoms with Crippen LogP contribution in [0.3, 0.4) is 0 Å². The summed E-state index contributed by atoms with van der Waals surface area (Å²) in [5, 5.41) is 0. The van der Waals surface area contributed by atoms with Crippen molar-refractivity contribution in [3.8, 4) is 5.75 Å². The lowest BCUT2D eigenvalue weighted by molar-refractivity contribution is -0.121. The molecule has 2 heterocycles. The Balaban J connectivity index is 1.97. The third-order valence-corrected chi connectivity index (χ3v) is 4.16. The van der Waals surface area contributed by atoms with Gasteiger partial charge in [-0.2, -0.15) is 0 Å². The highest BCUT2D eigenvalue weighted by atomic mass is 16.5. The smallest absolute Gasteiger partial charge is 0.332 e. The number of nitrogens with zero attached hydrogens (tertiary/aromatic N) is 2. The van der Waals surface area contributed by atoms with E-state index in [9.17, 15) is 9.59 Å². The minimum absolute atomic E-state index is 0.115. The summed E-state index contributed by atoms with van der Waals surface area (Å²) in [7, 11) is 1.57. The van der Waals surface area contributed by atoms with Gasteiger partial charge in [0.25, 0.3) is 5.91 Å². The molecule has 2 saturated heterocycles. The summed E-state index contributed by atoms with van der Waals surface area (Å²) in [6.45, 7) is 2.71. The highest BCUT2D eigenvalue weighted by Crippen LogP contribution is 2.34. The van der Waals surface area contributed by atoms with Gasteiger partial charge in [-0.15, -0.1) is 0 Å². The molecular formula is C15H18N2O3. The number of ether oxygens (including phenoxy) is 1. The zero-order valence-corrected chi connectivity index (χ0v) is 11.7. The van der Waals surface area contributed by atoms with Crippen LogP contribution < -0.4 is 9.64 Å². The maximum atomic E-state index is 12.6. The summed E-state index contributed by atoms with van der Waals surface area (Å²) < 4.78 is 5.16. The van der Waals surface area contributed by atoms with Gasteiger partial charge in [-0.05, 0) is 30.9 Å². The lowest BCUT2D eigenvalue weighted by atomic mass is 9.91. The molecule has 0 N–H and O–H groups in total. The first-order valence-corrected chi connectivity index (χ1v) is 6.92. The molecule has 0 saturated carbocycles. The van der Waals surface area contributed by atoms with Crippen molar-refractivity contribution in [1.82, 2.24) is 4.90 Å². The number of anilines is 1. The summed E-state index contributed by atoms with van der Waals surface area (Å²) in [4.78, 5) is 28.1. The van der Waals surface area contributed by atoms with E-state index in [1.165, 1.54) is 4.90 Å². The summed E-state index contributed by atoms with van der Waals surface area (Å²) in [5.41, 5.74) is 0.584. The Morgan fingerprint density at radius 3 is 2.80 bits per heavy atom. The molecule has 2 aliphatic rings. The Morgan fingerprint density at radius 2 is 2.10 bits per heavy atom. The van der Waals surface area contributed by atoms with Gasteiger partial charge in [0.2, 0.25) is 0 Å². The van der Waals surface area contributed by atoms with E-state index in [0.29, 0.717) is 18.0 Å². The lowest BCUT2D eigenvalue weighted by Crippen LogP contribution is -2.44. The molecule has 0 spiro atoms. The first kappa shape index (κ1) is 13.0. The maximum absolute atomic E-state index is 12.6. The van der Waals surface area contributed by atoms with Gasteiger partial charge in [-0.25, -0.2) is 9.69 Å². The van der Waals surface area contributed by atoms with Crippen LogP contribution in [0.5, 0.6) is 5.75 Å². The van der Waals surface area contributed by atoms with Gasteiger partial charge < -0.3 is 9.64 Å². The van der Waals surface area contributed by atoms with Gasteiger partial charge in [-0.3, -0.25) is 4.79 Å². The second-order valence-electron chi connectivity index (χ2n) is 5.42. The van der Waals surface area contributed by atoms with Gasteiger partial charge in [0.1, 0.15) is 11.8 Å². The Morgan fingerprint density at radius 1 is 1.30 bits per heavy atom. The van der Waals surface area contributed by atoms with Crippen LogP contribution in [0.4, 0.5) is 10.5 Å². The summed E-state index contributed by atoms with van der Waals surface area (Å²) in [6.07, 6.45) is 1.95. The molecule has 0 aromatic heterocycles. The van der Waals surface area contributed by atoms with Crippen LogP contribution in [0.2, 0.25) is 0 Å². The van der Waals surface area contributed by atoms with Crippen molar-refractivity contribution in [2.45, 2.75) is 25.8 Å².